The van der Waals surface area contributed by atoms with E-state index in [1.807, 2.05) is 25.3 Å². The zero-order chi connectivity index (χ0) is 25.4. The summed E-state index contributed by atoms with van der Waals surface area (Å²) in [6.45, 7) is 9.13. The number of nitrogens with one attached hydrogen (secondary N) is 2. The SMILES string of the molecule is Cc1nc2c(F)cc(-c3nc(NC4CCN(S(=O)C5CCNCC5)CC4)ncc3F)cc2n1C(C)C. The molecule has 1 aromatic carbocycles. The van der Waals surface area contributed by atoms with Gasteiger partial charge in [-0.1, -0.05) is 0 Å². The number of hydrogen-bond donors (Lipinski definition) is 2. The number of rotatable bonds is 6. The van der Waals surface area contributed by atoms with Crippen molar-refractivity contribution in [3.05, 3.63) is 35.8 Å². The van der Waals surface area contributed by atoms with Crippen LogP contribution >= 0.6 is 0 Å². The van der Waals surface area contributed by atoms with Crippen LogP contribution in [0.3, 0.4) is 0 Å². The van der Waals surface area contributed by atoms with Crippen LogP contribution in [-0.2, 0) is 11.0 Å². The summed E-state index contributed by atoms with van der Waals surface area (Å²) in [6, 6.07) is 3.19. The molecule has 0 amide bonds. The van der Waals surface area contributed by atoms with E-state index in [2.05, 4.69) is 29.9 Å². The van der Waals surface area contributed by atoms with Crippen molar-refractivity contribution in [2.45, 2.75) is 63.8 Å². The number of nitrogens with zero attached hydrogens (tertiary/aromatic N) is 5. The Morgan fingerprint density at radius 3 is 2.50 bits per heavy atom. The van der Waals surface area contributed by atoms with Crippen molar-refractivity contribution in [1.29, 1.82) is 0 Å². The quantitative estimate of drug-likeness (QED) is 0.515. The molecular formula is C25H33F2N7OS. The Hall–Kier alpha value is -2.50. The van der Waals surface area contributed by atoms with E-state index >= 15 is 0 Å². The summed E-state index contributed by atoms with van der Waals surface area (Å²) in [5.74, 6) is -0.113. The van der Waals surface area contributed by atoms with Gasteiger partial charge in [0.05, 0.1) is 27.9 Å². The van der Waals surface area contributed by atoms with Gasteiger partial charge in [-0.15, -0.1) is 0 Å². The van der Waals surface area contributed by atoms with Crippen LogP contribution in [0.1, 0.15) is 51.4 Å². The molecule has 0 bridgehead atoms. The van der Waals surface area contributed by atoms with Crippen molar-refractivity contribution in [3.63, 3.8) is 0 Å². The topological polar surface area (TPSA) is 88.0 Å². The summed E-state index contributed by atoms with van der Waals surface area (Å²) in [5.41, 5.74) is 1.27. The van der Waals surface area contributed by atoms with Crippen molar-refractivity contribution in [2.75, 3.05) is 31.5 Å². The van der Waals surface area contributed by atoms with Gasteiger partial charge in [-0.3, -0.25) is 0 Å². The van der Waals surface area contributed by atoms with E-state index in [4.69, 9.17) is 0 Å². The van der Waals surface area contributed by atoms with Crippen LogP contribution in [0.25, 0.3) is 22.3 Å². The number of fused-ring (bicyclic) bond motifs is 1. The van der Waals surface area contributed by atoms with E-state index in [-0.39, 0.29) is 28.5 Å². The minimum atomic E-state index is -0.962. The minimum Gasteiger partial charge on any atom is -0.351 e. The lowest BCUT2D eigenvalue weighted by Crippen LogP contribution is -2.45. The molecule has 0 radical (unpaired) electrons. The predicted molar refractivity (Wildman–Crippen MR) is 138 cm³/mol. The first-order chi connectivity index (χ1) is 17.3. The third-order valence-electron chi connectivity index (χ3n) is 7.07. The Bertz CT molecular complexity index is 1270. The summed E-state index contributed by atoms with van der Waals surface area (Å²) in [5, 5.41) is 6.85. The zero-order valence-electron chi connectivity index (χ0n) is 20.9. The zero-order valence-corrected chi connectivity index (χ0v) is 21.7. The largest absolute Gasteiger partial charge is 0.351 e. The first-order valence-corrected chi connectivity index (χ1v) is 13.8. The second-order valence-electron chi connectivity index (χ2n) is 9.91. The number of halogens is 2. The average molecular weight is 518 g/mol. The van der Waals surface area contributed by atoms with Gasteiger partial charge < -0.3 is 15.2 Å². The Morgan fingerprint density at radius 2 is 1.81 bits per heavy atom. The number of benzene rings is 1. The number of hydrogen-bond acceptors (Lipinski definition) is 6. The standard InChI is InChI=1S/C25H33F2N7OS/c1-15(2)34-16(3)30-24-20(26)12-17(13-22(24)34)23-21(27)14-29-25(32-23)31-18-6-10-33(11-7-18)36(35)19-4-8-28-9-5-19/h12-15,18-19,28H,4-11H2,1-3H3,(H,29,31,32). The molecule has 5 rings (SSSR count). The van der Waals surface area contributed by atoms with Crippen molar-refractivity contribution < 1.29 is 13.0 Å². The third kappa shape index (κ3) is 5.01. The molecule has 1 atom stereocenters. The van der Waals surface area contributed by atoms with Gasteiger partial charge in [0.15, 0.2) is 11.6 Å². The van der Waals surface area contributed by atoms with Crippen molar-refractivity contribution in [2.24, 2.45) is 0 Å². The Labute approximate surface area is 212 Å². The van der Waals surface area contributed by atoms with Crippen molar-refractivity contribution in [1.82, 2.24) is 29.1 Å². The molecule has 2 aromatic heterocycles. The van der Waals surface area contributed by atoms with E-state index in [0.717, 1.165) is 58.1 Å². The van der Waals surface area contributed by atoms with Crippen molar-refractivity contribution in [3.8, 4) is 11.3 Å². The van der Waals surface area contributed by atoms with Crippen molar-refractivity contribution >= 4 is 28.0 Å². The van der Waals surface area contributed by atoms with Crippen LogP contribution < -0.4 is 10.6 Å². The normalized spacial score (nSPS) is 19.3. The molecule has 36 heavy (non-hydrogen) atoms. The van der Waals surface area contributed by atoms with Crippen LogP contribution in [0.4, 0.5) is 14.7 Å². The Morgan fingerprint density at radius 1 is 1.08 bits per heavy atom. The molecule has 2 N–H and O–H groups in total. The smallest absolute Gasteiger partial charge is 0.223 e. The summed E-state index contributed by atoms with van der Waals surface area (Å²) < 4.78 is 46.7. The molecular weight excluding hydrogens is 484 g/mol. The molecule has 0 spiro atoms. The second kappa shape index (κ2) is 10.5. The molecule has 11 heteroatoms. The average Bonchev–Trinajstić information content (AvgIpc) is 3.22. The maximum Gasteiger partial charge on any atom is 0.223 e. The molecule has 1 unspecified atom stereocenters. The van der Waals surface area contributed by atoms with Gasteiger partial charge in [0, 0.05) is 30.7 Å². The molecule has 8 nitrogen and oxygen atoms in total. The molecule has 2 aliphatic heterocycles. The fraction of sp³-hybridized carbons (Fsp3) is 0.560. The van der Waals surface area contributed by atoms with Gasteiger partial charge >= 0.3 is 0 Å². The second-order valence-corrected chi connectivity index (χ2v) is 11.6. The first-order valence-electron chi connectivity index (χ1n) is 12.7. The summed E-state index contributed by atoms with van der Waals surface area (Å²) in [4.78, 5) is 12.9. The molecule has 2 saturated heterocycles. The summed E-state index contributed by atoms with van der Waals surface area (Å²) in [7, 11) is -0.962. The number of piperidine rings is 2. The summed E-state index contributed by atoms with van der Waals surface area (Å²) in [6.07, 6.45) is 4.60. The molecule has 2 fully saturated rings. The molecule has 0 aliphatic carbocycles. The van der Waals surface area contributed by atoms with Crippen LogP contribution in [0.15, 0.2) is 18.3 Å². The third-order valence-corrected chi connectivity index (χ3v) is 8.99. The Balaban J connectivity index is 1.32. The molecule has 194 valence electrons. The van der Waals surface area contributed by atoms with E-state index in [1.54, 1.807) is 6.07 Å². The fourth-order valence-electron chi connectivity index (χ4n) is 5.27. The lowest BCUT2D eigenvalue weighted by molar-refractivity contribution is 0.339. The highest BCUT2D eigenvalue weighted by Gasteiger charge is 2.29. The first kappa shape index (κ1) is 25.2. The highest BCUT2D eigenvalue weighted by Crippen LogP contribution is 2.30. The van der Waals surface area contributed by atoms with Gasteiger partial charge in [-0.2, -0.15) is 0 Å². The van der Waals surface area contributed by atoms with Crippen LogP contribution in [0, 0.1) is 18.6 Å². The Kier molecular flexibility index (Phi) is 7.32. The van der Waals surface area contributed by atoms with Crippen LogP contribution in [0.5, 0.6) is 0 Å². The number of anilines is 1. The maximum absolute atomic E-state index is 14.9. The van der Waals surface area contributed by atoms with Gasteiger partial charge in [-0.05, 0) is 71.7 Å². The van der Waals surface area contributed by atoms with Crippen LogP contribution in [0.2, 0.25) is 0 Å². The van der Waals surface area contributed by atoms with E-state index in [9.17, 15) is 13.0 Å². The molecule has 2 aliphatic rings. The summed E-state index contributed by atoms with van der Waals surface area (Å²) >= 11 is 0. The lowest BCUT2D eigenvalue weighted by Gasteiger charge is -2.34. The van der Waals surface area contributed by atoms with Gasteiger partial charge in [0.25, 0.3) is 0 Å². The highest BCUT2D eigenvalue weighted by atomic mass is 32.2. The minimum absolute atomic E-state index is 0.0481. The number of aryl methyl sites for hydroxylation is 1. The van der Waals surface area contributed by atoms with E-state index < -0.39 is 22.6 Å². The lowest BCUT2D eigenvalue weighted by atomic mass is 10.1. The fourth-order valence-corrected chi connectivity index (χ4v) is 6.90. The monoisotopic (exact) mass is 517 g/mol. The molecule has 0 saturated carbocycles. The molecule has 4 heterocycles. The number of aromatic nitrogens is 4. The molecule has 3 aromatic rings. The predicted octanol–water partition coefficient (Wildman–Crippen LogP) is 3.95. The van der Waals surface area contributed by atoms with Gasteiger partial charge in [0.2, 0.25) is 5.95 Å². The number of imidazole rings is 1. The highest BCUT2D eigenvalue weighted by molar-refractivity contribution is 7.83. The van der Waals surface area contributed by atoms with Gasteiger partial charge in [0.1, 0.15) is 17.0 Å². The van der Waals surface area contributed by atoms with Gasteiger partial charge in [-0.25, -0.2) is 32.2 Å². The van der Waals surface area contributed by atoms with Crippen LogP contribution in [-0.4, -0.2) is 65.5 Å². The maximum atomic E-state index is 14.9. The van der Waals surface area contributed by atoms with E-state index in [0.29, 0.717) is 22.9 Å². The van der Waals surface area contributed by atoms with E-state index in [1.165, 1.54) is 6.07 Å².